The van der Waals surface area contributed by atoms with Crippen LogP contribution >= 0.6 is 0 Å². The molecule has 1 atom stereocenters. The highest BCUT2D eigenvalue weighted by Crippen LogP contribution is 2.38. The van der Waals surface area contributed by atoms with Gasteiger partial charge in [-0.1, -0.05) is 37.3 Å². The van der Waals surface area contributed by atoms with Crippen LogP contribution in [0.2, 0.25) is 0 Å². The van der Waals surface area contributed by atoms with Gasteiger partial charge >= 0.3 is 5.97 Å². The van der Waals surface area contributed by atoms with Crippen molar-refractivity contribution in [3.05, 3.63) is 60.2 Å². The van der Waals surface area contributed by atoms with Gasteiger partial charge in [-0.05, 0) is 50.1 Å². The van der Waals surface area contributed by atoms with E-state index in [0.717, 1.165) is 17.0 Å². The van der Waals surface area contributed by atoms with E-state index in [4.69, 9.17) is 9.47 Å². The molecule has 2 aromatic carbocycles. The maximum Gasteiger partial charge on any atom is 0.336 e. The van der Waals surface area contributed by atoms with Gasteiger partial charge in [0.15, 0.2) is 5.54 Å². The molecule has 0 aliphatic carbocycles. The lowest BCUT2D eigenvalue weighted by Gasteiger charge is -2.43. The first-order valence-electron chi connectivity index (χ1n) is 8.78. The van der Waals surface area contributed by atoms with Crippen LogP contribution in [-0.4, -0.2) is 26.2 Å². The Morgan fingerprint density at radius 3 is 2.12 bits per heavy atom. The fourth-order valence-electron chi connectivity index (χ4n) is 3.32. The summed E-state index contributed by atoms with van der Waals surface area (Å²) in [4.78, 5) is 15.2. The van der Waals surface area contributed by atoms with Gasteiger partial charge in [0.1, 0.15) is 5.75 Å². The van der Waals surface area contributed by atoms with E-state index < -0.39 is 5.54 Å². The second-order valence-electron chi connectivity index (χ2n) is 5.74. The molecule has 0 heterocycles. The van der Waals surface area contributed by atoms with Crippen molar-refractivity contribution in [3.63, 3.8) is 0 Å². The molecule has 0 bridgehead atoms. The Labute approximate surface area is 150 Å². The fourth-order valence-corrected chi connectivity index (χ4v) is 3.32. The normalized spacial score (nSPS) is 13.0. The molecule has 0 fully saturated rings. The van der Waals surface area contributed by atoms with Gasteiger partial charge in [-0.25, -0.2) is 4.79 Å². The summed E-state index contributed by atoms with van der Waals surface area (Å²) in [5.41, 5.74) is 1.04. The Morgan fingerprint density at radius 1 is 1.00 bits per heavy atom. The molecule has 134 valence electrons. The standard InChI is InChI=1S/C21H27NO3/c1-5-21(20(23)25-7-3,17-11-9-8-10-12-17)22(6-2)18-13-15-19(24-4)16-14-18/h8-16H,5-7H2,1-4H3. The molecule has 0 saturated heterocycles. The van der Waals surface area contributed by atoms with Crippen LogP contribution < -0.4 is 9.64 Å². The van der Waals surface area contributed by atoms with Gasteiger partial charge in [0.2, 0.25) is 0 Å². The second kappa shape index (κ2) is 8.56. The summed E-state index contributed by atoms with van der Waals surface area (Å²) in [7, 11) is 1.64. The van der Waals surface area contributed by atoms with Crippen molar-refractivity contribution in [2.24, 2.45) is 0 Å². The highest BCUT2D eigenvalue weighted by atomic mass is 16.5. The van der Waals surface area contributed by atoms with Crippen molar-refractivity contribution in [1.82, 2.24) is 0 Å². The Hall–Kier alpha value is -2.49. The first-order chi connectivity index (χ1) is 12.1. The number of benzene rings is 2. The Bertz CT molecular complexity index is 669. The predicted molar refractivity (Wildman–Crippen MR) is 101 cm³/mol. The maximum atomic E-state index is 13.1. The number of nitrogens with zero attached hydrogens (tertiary/aromatic N) is 1. The van der Waals surface area contributed by atoms with Crippen molar-refractivity contribution >= 4 is 11.7 Å². The SMILES string of the molecule is CCOC(=O)C(CC)(c1ccccc1)N(CC)c1ccc(OC)cc1. The van der Waals surface area contributed by atoms with Crippen molar-refractivity contribution in [3.8, 4) is 5.75 Å². The minimum Gasteiger partial charge on any atom is -0.497 e. The van der Waals surface area contributed by atoms with Crippen LogP contribution in [0.15, 0.2) is 54.6 Å². The number of carbonyl (C=O) groups is 1. The summed E-state index contributed by atoms with van der Waals surface area (Å²) in [6, 6.07) is 17.6. The van der Waals surface area contributed by atoms with Gasteiger partial charge < -0.3 is 14.4 Å². The summed E-state index contributed by atoms with van der Waals surface area (Å²) in [6.07, 6.45) is 0.607. The number of likely N-dealkylation sites (N-methyl/N-ethyl adjacent to an activating group) is 1. The van der Waals surface area contributed by atoms with Crippen molar-refractivity contribution in [2.45, 2.75) is 32.7 Å². The highest BCUT2D eigenvalue weighted by Gasteiger charge is 2.45. The molecule has 1 unspecified atom stereocenters. The average molecular weight is 341 g/mol. The smallest absolute Gasteiger partial charge is 0.336 e. The summed E-state index contributed by atoms with van der Waals surface area (Å²) in [5, 5.41) is 0. The van der Waals surface area contributed by atoms with Gasteiger partial charge in [0.05, 0.1) is 13.7 Å². The Morgan fingerprint density at radius 2 is 1.64 bits per heavy atom. The number of methoxy groups -OCH3 is 1. The third-order valence-electron chi connectivity index (χ3n) is 4.54. The van der Waals surface area contributed by atoms with Crippen molar-refractivity contribution in [1.29, 1.82) is 0 Å². The number of hydrogen-bond acceptors (Lipinski definition) is 4. The molecular formula is C21H27NO3. The minimum absolute atomic E-state index is 0.221. The molecule has 0 N–H and O–H groups in total. The minimum atomic E-state index is -0.861. The third-order valence-corrected chi connectivity index (χ3v) is 4.54. The number of rotatable bonds is 8. The molecule has 0 spiro atoms. The zero-order valence-electron chi connectivity index (χ0n) is 15.5. The van der Waals surface area contributed by atoms with Gasteiger partial charge in [0, 0.05) is 12.2 Å². The quantitative estimate of drug-likeness (QED) is 0.668. The lowest BCUT2D eigenvalue weighted by atomic mass is 9.84. The van der Waals surface area contributed by atoms with Crippen LogP contribution in [0.3, 0.4) is 0 Å². The number of ether oxygens (including phenoxy) is 2. The van der Waals surface area contributed by atoms with Crippen molar-refractivity contribution in [2.75, 3.05) is 25.2 Å². The molecule has 0 radical (unpaired) electrons. The molecule has 4 nitrogen and oxygen atoms in total. The van der Waals surface area contributed by atoms with E-state index >= 15 is 0 Å². The van der Waals surface area contributed by atoms with E-state index in [2.05, 4.69) is 11.8 Å². The van der Waals surface area contributed by atoms with E-state index in [0.29, 0.717) is 19.6 Å². The molecule has 0 saturated carbocycles. The Kier molecular flexibility index (Phi) is 6.45. The van der Waals surface area contributed by atoms with Crippen molar-refractivity contribution < 1.29 is 14.3 Å². The molecule has 0 aromatic heterocycles. The highest BCUT2D eigenvalue weighted by molar-refractivity contribution is 5.87. The molecular weight excluding hydrogens is 314 g/mol. The van der Waals surface area contributed by atoms with Crippen LogP contribution in [0.4, 0.5) is 5.69 Å². The first-order valence-corrected chi connectivity index (χ1v) is 8.78. The Balaban J connectivity index is 2.59. The molecule has 0 aliphatic heterocycles. The van der Waals surface area contributed by atoms with Crippen LogP contribution in [0, 0.1) is 0 Å². The summed E-state index contributed by atoms with van der Waals surface area (Å²) in [5.74, 6) is 0.569. The third kappa shape index (κ3) is 3.63. The predicted octanol–water partition coefficient (Wildman–Crippen LogP) is 4.39. The van der Waals surface area contributed by atoms with Gasteiger partial charge in [0.25, 0.3) is 0 Å². The molecule has 0 aliphatic rings. The molecule has 4 heteroatoms. The van der Waals surface area contributed by atoms with E-state index in [1.54, 1.807) is 7.11 Å². The first kappa shape index (κ1) is 18.8. The fraction of sp³-hybridized carbons (Fsp3) is 0.381. The van der Waals surface area contributed by atoms with E-state index in [1.165, 1.54) is 0 Å². The lowest BCUT2D eigenvalue weighted by molar-refractivity contribution is -0.150. The number of hydrogen-bond donors (Lipinski definition) is 0. The summed E-state index contributed by atoms with van der Waals surface area (Å²) >= 11 is 0. The molecule has 2 aromatic rings. The zero-order chi connectivity index (χ0) is 18.3. The second-order valence-corrected chi connectivity index (χ2v) is 5.74. The maximum absolute atomic E-state index is 13.1. The van der Waals surface area contributed by atoms with Crippen LogP contribution in [-0.2, 0) is 15.1 Å². The molecule has 2 rings (SSSR count). The zero-order valence-corrected chi connectivity index (χ0v) is 15.5. The van der Waals surface area contributed by atoms with E-state index in [-0.39, 0.29) is 5.97 Å². The average Bonchev–Trinajstić information content (AvgIpc) is 2.67. The number of anilines is 1. The van der Waals surface area contributed by atoms with E-state index in [9.17, 15) is 4.79 Å². The van der Waals surface area contributed by atoms with Gasteiger partial charge in [-0.2, -0.15) is 0 Å². The van der Waals surface area contributed by atoms with Crippen LogP contribution in [0.1, 0.15) is 32.8 Å². The summed E-state index contributed by atoms with van der Waals surface area (Å²) in [6.45, 7) is 6.95. The number of esters is 1. The largest absolute Gasteiger partial charge is 0.497 e. The van der Waals surface area contributed by atoms with Crippen LogP contribution in [0.5, 0.6) is 5.75 Å². The monoisotopic (exact) mass is 341 g/mol. The van der Waals surface area contributed by atoms with Crippen LogP contribution in [0.25, 0.3) is 0 Å². The molecule has 0 amide bonds. The lowest BCUT2D eigenvalue weighted by Crippen LogP contribution is -2.53. The summed E-state index contributed by atoms with van der Waals surface area (Å²) < 4.78 is 10.8. The molecule has 25 heavy (non-hydrogen) atoms. The van der Waals surface area contributed by atoms with E-state index in [1.807, 2.05) is 68.4 Å². The topological polar surface area (TPSA) is 38.8 Å². The van der Waals surface area contributed by atoms with Gasteiger partial charge in [-0.3, -0.25) is 0 Å². The van der Waals surface area contributed by atoms with Gasteiger partial charge in [-0.15, -0.1) is 0 Å². The number of carbonyl (C=O) groups excluding carboxylic acids is 1.